The molecule has 20 nitrogen and oxygen atoms in total. The fourth-order valence-corrected chi connectivity index (χ4v) is 7.98. The lowest BCUT2D eigenvalue weighted by Crippen LogP contribution is -2.40. The van der Waals surface area contributed by atoms with Crippen LogP contribution in [-0.2, 0) is 64.5 Å². The van der Waals surface area contributed by atoms with Crippen molar-refractivity contribution in [3.63, 3.8) is 0 Å². The maximum atomic E-state index is 12.7. The largest absolute Gasteiger partial charge is 0.465 e. The summed E-state index contributed by atoms with van der Waals surface area (Å²) >= 11 is 0. The Morgan fingerprint density at radius 3 is 2.21 bits per heavy atom. The number of Topliss-reactive ketones (excluding diaryl/α,β-unsaturated/α-hetero) is 1. The second-order valence-electron chi connectivity index (χ2n) is 17.9. The Hall–Kier alpha value is -6.83. The van der Waals surface area contributed by atoms with E-state index in [1.165, 1.54) is 16.0 Å². The highest BCUT2D eigenvalue weighted by Gasteiger charge is 2.32. The molecule has 0 radical (unpaired) electrons. The first kappa shape index (κ1) is 50.6. The molecule has 0 spiro atoms. The number of unbranched alkanes of at least 4 members (excludes halogenated alkanes) is 2. The molecule has 5 heterocycles. The third-order valence-electron chi connectivity index (χ3n) is 11.3. The zero-order valence-corrected chi connectivity index (χ0v) is 40.1. The number of ether oxygens (including phenoxy) is 4. The molecule has 3 aliphatic rings. The maximum Gasteiger partial charge on any atom is 0.410 e. The third-order valence-corrected chi connectivity index (χ3v) is 11.3. The van der Waals surface area contributed by atoms with E-state index in [-0.39, 0.29) is 49.5 Å². The highest BCUT2D eigenvalue weighted by Crippen LogP contribution is 2.35. The number of amides is 1. The van der Waals surface area contributed by atoms with Gasteiger partial charge in [-0.25, -0.2) is 4.79 Å². The molecule has 366 valence electrons. The average molecular weight is 940 g/mol. The van der Waals surface area contributed by atoms with Crippen molar-refractivity contribution in [2.45, 2.75) is 118 Å². The van der Waals surface area contributed by atoms with Crippen molar-refractivity contribution in [1.82, 2.24) is 30.2 Å². The van der Waals surface area contributed by atoms with E-state index in [9.17, 15) is 24.5 Å². The Morgan fingerprint density at radius 1 is 0.868 bits per heavy atom. The minimum absolute atomic E-state index is 0.0736. The molecule has 0 saturated heterocycles. The van der Waals surface area contributed by atoms with E-state index in [2.05, 4.69) is 50.4 Å². The van der Waals surface area contributed by atoms with E-state index >= 15 is 0 Å². The van der Waals surface area contributed by atoms with Crippen LogP contribution in [0.15, 0.2) is 36.4 Å². The van der Waals surface area contributed by atoms with E-state index in [4.69, 9.17) is 30.4 Å². The van der Waals surface area contributed by atoms with Gasteiger partial charge in [-0.1, -0.05) is 63.1 Å². The van der Waals surface area contributed by atoms with Crippen LogP contribution >= 0.6 is 0 Å². The molecule has 68 heavy (non-hydrogen) atoms. The van der Waals surface area contributed by atoms with Crippen LogP contribution in [0.3, 0.4) is 0 Å². The third kappa shape index (κ3) is 13.6. The summed E-state index contributed by atoms with van der Waals surface area (Å²) < 4.78 is 21.9. The number of esters is 1. The number of nitrogen functional groups attached to an aromatic ring is 2. The van der Waals surface area contributed by atoms with Gasteiger partial charge in [0.25, 0.3) is 0 Å². The fourth-order valence-electron chi connectivity index (χ4n) is 7.98. The van der Waals surface area contributed by atoms with Gasteiger partial charge in [-0.2, -0.15) is 19.9 Å². The van der Waals surface area contributed by atoms with E-state index < -0.39 is 28.3 Å². The van der Waals surface area contributed by atoms with Crippen molar-refractivity contribution in [2.75, 3.05) is 67.3 Å². The lowest BCUT2D eigenvalue weighted by atomic mass is 9.97. The summed E-state index contributed by atoms with van der Waals surface area (Å²) in [7, 11) is 0. The number of fused-ring (bicyclic) bond motifs is 3. The van der Waals surface area contributed by atoms with Crippen LogP contribution < -0.4 is 36.1 Å². The molecule has 0 aliphatic carbocycles. The molecule has 0 bridgehead atoms. The van der Waals surface area contributed by atoms with Gasteiger partial charge < -0.3 is 50.4 Å². The van der Waals surface area contributed by atoms with Crippen molar-refractivity contribution in [1.29, 1.82) is 0 Å². The summed E-state index contributed by atoms with van der Waals surface area (Å²) in [5.74, 6) is 0.0798. The Balaban J connectivity index is 0.000000237. The number of hydrogen-bond acceptors (Lipinski definition) is 18. The first-order chi connectivity index (χ1) is 32.5. The quantitative estimate of drug-likeness (QED) is 0.0473. The predicted molar refractivity (Wildman–Crippen MR) is 256 cm³/mol. The monoisotopic (exact) mass is 939 g/mol. The number of ketones is 1. The Morgan fingerprint density at radius 2 is 1.53 bits per heavy atom. The van der Waals surface area contributed by atoms with Crippen molar-refractivity contribution < 1.29 is 38.3 Å². The summed E-state index contributed by atoms with van der Waals surface area (Å²) in [6.07, 6.45) is 5.18. The van der Waals surface area contributed by atoms with E-state index in [0.29, 0.717) is 63.2 Å². The summed E-state index contributed by atoms with van der Waals surface area (Å²) in [5.41, 5.74) is 18.3. The number of nitrogens with two attached hydrogens (primary N) is 2. The number of nitrogens with one attached hydrogen (secondary N) is 1. The number of anilines is 4. The molecular formula is C48H65N11O9. The maximum absolute atomic E-state index is 12.7. The second-order valence-corrected chi connectivity index (χ2v) is 17.9. The Labute approximate surface area is 397 Å². The molecule has 0 saturated carbocycles. The Kier molecular flexibility index (Phi) is 17.3. The second kappa shape index (κ2) is 23.3. The van der Waals surface area contributed by atoms with Crippen molar-refractivity contribution in [3.8, 4) is 12.0 Å². The van der Waals surface area contributed by atoms with Crippen LogP contribution in [0.2, 0.25) is 0 Å². The van der Waals surface area contributed by atoms with E-state index in [1.807, 2.05) is 50.8 Å². The van der Waals surface area contributed by atoms with E-state index in [1.54, 1.807) is 11.8 Å². The predicted octanol–water partition coefficient (Wildman–Crippen LogP) is 6.02. The van der Waals surface area contributed by atoms with Crippen LogP contribution in [0.1, 0.15) is 106 Å². The number of nitro groups is 1. The molecule has 1 amide bonds. The Bertz CT molecular complexity index is 2440. The normalized spacial score (nSPS) is 14.1. The van der Waals surface area contributed by atoms with Crippen LogP contribution in [0.4, 0.5) is 33.8 Å². The standard InChI is InChI=1S/C27H38N6O7.C21H27N5O2/c1-6-8-13-39-25-29-23(28)22(33(36)37)24(30-25)32(17-21(34)38-7-2)15-18-9-10-19-11-12-31(16-20(19)14-18)26(35)40-27(3,4)5;1-2-3-8-28-21-24-19(22)18-10-17(27)13-26(20(18)25-21)12-14-4-5-15-6-7-23-11-16(15)9-14/h9-10,14H,6-8,11-13,15-17H2,1-5H3,(H2,28,29,30);4-5,9,23H,2-3,6-8,10-13H2,1H3,(H2,22,24,25). The van der Waals surface area contributed by atoms with Gasteiger partial charge in [-0.05, 0) is 93.3 Å². The molecule has 0 atom stereocenters. The number of hydrogen-bond donors (Lipinski definition) is 3. The van der Waals surface area contributed by atoms with Crippen molar-refractivity contribution in [2.24, 2.45) is 0 Å². The number of carbonyl (C=O) groups is 3. The van der Waals surface area contributed by atoms with Gasteiger partial charge in [0.2, 0.25) is 11.6 Å². The summed E-state index contributed by atoms with van der Waals surface area (Å²) in [6.45, 7) is 15.7. The molecule has 4 aromatic rings. The van der Waals surface area contributed by atoms with Crippen molar-refractivity contribution >= 4 is 46.8 Å². The highest BCUT2D eigenvalue weighted by atomic mass is 16.6. The number of carbonyl (C=O) groups excluding carboxylic acids is 3. The van der Waals surface area contributed by atoms with Gasteiger partial charge in [-0.15, -0.1) is 0 Å². The molecular weight excluding hydrogens is 875 g/mol. The highest BCUT2D eigenvalue weighted by molar-refractivity contribution is 5.91. The molecule has 7 rings (SSSR count). The first-order valence-electron chi connectivity index (χ1n) is 23.4. The minimum atomic E-state index is -0.676. The number of nitrogens with zero attached hydrogens (tertiary/aromatic N) is 8. The summed E-state index contributed by atoms with van der Waals surface area (Å²) in [6, 6.07) is 12.5. The summed E-state index contributed by atoms with van der Waals surface area (Å²) in [5, 5.41) is 15.4. The van der Waals surface area contributed by atoms with Gasteiger partial charge in [-0.3, -0.25) is 19.7 Å². The van der Waals surface area contributed by atoms with Crippen LogP contribution in [0.5, 0.6) is 12.0 Å². The minimum Gasteiger partial charge on any atom is -0.465 e. The van der Waals surface area contributed by atoms with Crippen molar-refractivity contribution in [3.05, 3.63) is 85.5 Å². The summed E-state index contributed by atoms with van der Waals surface area (Å²) in [4.78, 5) is 71.0. The molecule has 0 unspecified atom stereocenters. The number of benzene rings is 2. The van der Waals surface area contributed by atoms with Gasteiger partial charge in [0.15, 0.2) is 5.78 Å². The smallest absolute Gasteiger partial charge is 0.410 e. The average Bonchev–Trinajstić information content (AvgIpc) is 3.28. The fraction of sp³-hybridized carbons (Fsp3) is 0.521. The molecule has 20 heteroatoms. The number of rotatable bonds is 17. The molecule has 2 aromatic carbocycles. The topological polar surface area (TPSA) is 257 Å². The lowest BCUT2D eigenvalue weighted by Gasteiger charge is -2.31. The molecule has 3 aliphatic heterocycles. The van der Waals surface area contributed by atoms with Crippen LogP contribution in [0, 0.1) is 10.1 Å². The van der Waals surface area contributed by atoms with Gasteiger partial charge in [0.1, 0.15) is 23.8 Å². The van der Waals surface area contributed by atoms with E-state index in [0.717, 1.165) is 73.3 Å². The van der Waals surface area contributed by atoms with Crippen LogP contribution in [-0.4, -0.2) is 99.2 Å². The first-order valence-corrected chi connectivity index (χ1v) is 23.4. The SMILES string of the molecule is CCCCOc1nc(N)c([N+](=O)[O-])c(N(CC(=O)OCC)Cc2ccc3c(c2)CN(C(=O)OC(C)(C)C)CC3)n1.CCCCOc1nc(N)c2c(n1)N(Cc1ccc3c(c1)CNCC3)CC(=O)C2. The number of aromatic nitrogens is 4. The zero-order chi connectivity index (χ0) is 49.0. The molecule has 0 fully saturated rings. The van der Waals surface area contributed by atoms with Gasteiger partial charge in [0.05, 0.1) is 31.3 Å². The lowest BCUT2D eigenvalue weighted by molar-refractivity contribution is -0.383. The molecule has 5 N–H and O–H groups in total. The molecule has 2 aromatic heterocycles. The van der Waals surface area contributed by atoms with Crippen LogP contribution in [0.25, 0.3) is 0 Å². The van der Waals surface area contributed by atoms with Gasteiger partial charge >= 0.3 is 29.8 Å². The van der Waals surface area contributed by atoms with Gasteiger partial charge in [0, 0.05) is 44.7 Å². The zero-order valence-electron chi connectivity index (χ0n) is 40.1.